The van der Waals surface area contributed by atoms with Crippen LogP contribution < -0.4 is 4.74 Å². The first-order valence-electron chi connectivity index (χ1n) is 5.47. The Morgan fingerprint density at radius 2 is 1.78 bits per heavy atom. The molecule has 2 aromatic rings. The molecule has 0 aromatic heterocycles. The minimum absolute atomic E-state index is 0.0728. The van der Waals surface area contributed by atoms with Crippen molar-refractivity contribution >= 4 is 11.6 Å². The summed E-state index contributed by atoms with van der Waals surface area (Å²) in [5.41, 5.74) is 1.05. The Labute approximate surface area is 110 Å². The molecule has 0 fully saturated rings. The van der Waals surface area contributed by atoms with E-state index < -0.39 is 5.82 Å². The van der Waals surface area contributed by atoms with Gasteiger partial charge in [0.25, 0.3) is 0 Å². The first-order chi connectivity index (χ1) is 8.72. The molecular formula is C14H12ClFO2. The van der Waals surface area contributed by atoms with Gasteiger partial charge in [0.15, 0.2) is 0 Å². The fourth-order valence-corrected chi connectivity index (χ4v) is 1.78. The highest BCUT2D eigenvalue weighted by Crippen LogP contribution is 2.22. The number of para-hydroxylation sites is 1. The van der Waals surface area contributed by atoms with Crippen LogP contribution in [0.15, 0.2) is 42.5 Å². The second-order valence-electron chi connectivity index (χ2n) is 3.77. The lowest BCUT2D eigenvalue weighted by Gasteiger charge is -2.10. The molecular weight excluding hydrogens is 255 g/mol. The zero-order valence-corrected chi connectivity index (χ0v) is 10.3. The van der Waals surface area contributed by atoms with Crippen molar-refractivity contribution in [2.45, 2.75) is 13.2 Å². The second kappa shape index (κ2) is 5.85. The zero-order chi connectivity index (χ0) is 13.0. The van der Waals surface area contributed by atoms with Crippen molar-refractivity contribution in [1.82, 2.24) is 0 Å². The minimum atomic E-state index is -0.472. The summed E-state index contributed by atoms with van der Waals surface area (Å²) in [6.45, 7) is -0.0440. The summed E-state index contributed by atoms with van der Waals surface area (Å²) in [6, 6.07) is 11.9. The van der Waals surface area contributed by atoms with E-state index in [1.807, 2.05) is 0 Å². The number of rotatable bonds is 4. The number of hydrogen-bond acceptors (Lipinski definition) is 2. The molecule has 0 heterocycles. The van der Waals surface area contributed by atoms with Crippen molar-refractivity contribution in [3.63, 3.8) is 0 Å². The molecule has 2 aromatic carbocycles. The summed E-state index contributed by atoms with van der Waals surface area (Å²) in [5, 5.41) is 9.21. The van der Waals surface area contributed by atoms with Crippen LogP contribution in [0.2, 0.25) is 5.02 Å². The Morgan fingerprint density at radius 3 is 2.56 bits per heavy atom. The lowest BCUT2D eigenvalue weighted by Crippen LogP contribution is -2.01. The molecule has 18 heavy (non-hydrogen) atoms. The lowest BCUT2D eigenvalue weighted by atomic mass is 10.2. The molecule has 2 rings (SSSR count). The monoisotopic (exact) mass is 266 g/mol. The molecule has 0 radical (unpaired) electrons. The molecule has 2 nitrogen and oxygen atoms in total. The van der Waals surface area contributed by atoms with Gasteiger partial charge in [0.2, 0.25) is 0 Å². The second-order valence-corrected chi connectivity index (χ2v) is 4.17. The third kappa shape index (κ3) is 2.81. The number of hydrogen-bond donors (Lipinski definition) is 1. The third-order valence-corrected chi connectivity index (χ3v) is 2.85. The van der Waals surface area contributed by atoms with Crippen LogP contribution in [0.1, 0.15) is 11.1 Å². The van der Waals surface area contributed by atoms with Gasteiger partial charge in [-0.1, -0.05) is 41.9 Å². The third-order valence-electron chi connectivity index (χ3n) is 2.56. The number of aliphatic hydroxyl groups is 1. The number of ether oxygens (including phenoxy) is 1. The van der Waals surface area contributed by atoms with Crippen molar-refractivity contribution in [3.8, 4) is 5.75 Å². The smallest absolute Gasteiger partial charge is 0.148 e. The van der Waals surface area contributed by atoms with Crippen LogP contribution in [0, 0.1) is 5.82 Å². The fourth-order valence-electron chi connectivity index (χ4n) is 1.59. The maximum absolute atomic E-state index is 13.6. The molecule has 0 atom stereocenters. The van der Waals surface area contributed by atoms with Crippen LogP contribution in [0.4, 0.5) is 4.39 Å². The maximum Gasteiger partial charge on any atom is 0.148 e. The Balaban J connectivity index is 2.14. The molecule has 0 bridgehead atoms. The Morgan fingerprint density at radius 1 is 1.06 bits per heavy atom. The van der Waals surface area contributed by atoms with Gasteiger partial charge < -0.3 is 9.84 Å². The summed E-state index contributed by atoms with van der Waals surface area (Å²) < 4.78 is 19.1. The average Bonchev–Trinajstić information content (AvgIpc) is 2.41. The van der Waals surface area contributed by atoms with Crippen LogP contribution in [-0.2, 0) is 13.2 Å². The van der Waals surface area contributed by atoms with E-state index in [0.717, 1.165) is 0 Å². The molecule has 4 heteroatoms. The van der Waals surface area contributed by atoms with E-state index in [9.17, 15) is 4.39 Å². The fraction of sp³-hybridized carbons (Fsp3) is 0.143. The van der Waals surface area contributed by atoms with Crippen molar-refractivity contribution in [2.24, 2.45) is 0 Å². The maximum atomic E-state index is 13.6. The molecule has 0 amide bonds. The molecule has 0 aliphatic rings. The lowest BCUT2D eigenvalue weighted by molar-refractivity contribution is 0.257. The van der Waals surface area contributed by atoms with Gasteiger partial charge in [-0.3, -0.25) is 0 Å². The molecule has 0 unspecified atom stereocenters. The number of benzene rings is 2. The number of halogens is 2. The van der Waals surface area contributed by atoms with E-state index in [-0.39, 0.29) is 18.2 Å². The largest absolute Gasteiger partial charge is 0.488 e. The van der Waals surface area contributed by atoms with E-state index in [0.29, 0.717) is 16.9 Å². The highest BCUT2D eigenvalue weighted by Gasteiger charge is 2.08. The van der Waals surface area contributed by atoms with E-state index >= 15 is 0 Å². The molecule has 0 aliphatic heterocycles. The van der Waals surface area contributed by atoms with Crippen LogP contribution >= 0.6 is 11.6 Å². The highest BCUT2D eigenvalue weighted by atomic mass is 35.5. The van der Waals surface area contributed by atoms with Crippen LogP contribution in [0.3, 0.4) is 0 Å². The van der Waals surface area contributed by atoms with Crippen molar-refractivity contribution in [3.05, 3.63) is 64.4 Å². The Hall–Kier alpha value is -1.58. The van der Waals surface area contributed by atoms with Crippen LogP contribution in [-0.4, -0.2) is 5.11 Å². The predicted molar refractivity (Wildman–Crippen MR) is 68.1 cm³/mol. The Kier molecular flexibility index (Phi) is 4.18. The summed E-state index contributed by atoms with van der Waals surface area (Å²) in [4.78, 5) is 0. The molecule has 1 N–H and O–H groups in total. The summed E-state index contributed by atoms with van der Waals surface area (Å²) in [6.07, 6.45) is 0. The molecule has 0 spiro atoms. The van der Waals surface area contributed by atoms with E-state index in [4.69, 9.17) is 21.4 Å². The normalized spacial score (nSPS) is 10.4. The van der Waals surface area contributed by atoms with Gasteiger partial charge in [-0.05, 0) is 12.1 Å². The van der Waals surface area contributed by atoms with Crippen molar-refractivity contribution in [2.75, 3.05) is 0 Å². The number of aliphatic hydroxyl groups excluding tert-OH is 1. The van der Waals surface area contributed by atoms with Gasteiger partial charge in [-0.2, -0.15) is 0 Å². The van der Waals surface area contributed by atoms with Gasteiger partial charge >= 0.3 is 0 Å². The standard InChI is InChI=1S/C14H12ClFO2/c15-12-6-3-5-11(14(12)16)9-18-13-7-2-1-4-10(13)8-17/h1-7,17H,8-9H2. The first-order valence-corrected chi connectivity index (χ1v) is 5.84. The zero-order valence-electron chi connectivity index (χ0n) is 9.57. The van der Waals surface area contributed by atoms with E-state index in [1.165, 1.54) is 6.07 Å². The minimum Gasteiger partial charge on any atom is -0.488 e. The van der Waals surface area contributed by atoms with E-state index in [2.05, 4.69) is 0 Å². The van der Waals surface area contributed by atoms with Crippen LogP contribution in [0.5, 0.6) is 5.75 Å². The predicted octanol–water partition coefficient (Wildman–Crippen LogP) is 3.55. The molecule has 0 saturated heterocycles. The quantitative estimate of drug-likeness (QED) is 0.917. The molecule has 0 saturated carbocycles. The van der Waals surface area contributed by atoms with Gasteiger partial charge in [-0.15, -0.1) is 0 Å². The first kappa shape index (κ1) is 12.9. The summed E-state index contributed by atoms with van der Waals surface area (Å²) >= 11 is 5.68. The van der Waals surface area contributed by atoms with Gasteiger partial charge in [-0.25, -0.2) is 4.39 Å². The summed E-state index contributed by atoms with van der Waals surface area (Å²) in [7, 11) is 0. The SMILES string of the molecule is OCc1ccccc1OCc1cccc(Cl)c1F. The van der Waals surface area contributed by atoms with Crippen LogP contribution in [0.25, 0.3) is 0 Å². The van der Waals surface area contributed by atoms with Crippen molar-refractivity contribution < 1.29 is 14.2 Å². The van der Waals surface area contributed by atoms with Crippen molar-refractivity contribution in [1.29, 1.82) is 0 Å². The molecule has 0 aliphatic carbocycles. The average molecular weight is 267 g/mol. The van der Waals surface area contributed by atoms with E-state index in [1.54, 1.807) is 36.4 Å². The molecule has 94 valence electrons. The Bertz CT molecular complexity index is 543. The highest BCUT2D eigenvalue weighted by molar-refractivity contribution is 6.30. The topological polar surface area (TPSA) is 29.5 Å². The van der Waals surface area contributed by atoms with Gasteiger partial charge in [0.1, 0.15) is 18.2 Å². The van der Waals surface area contributed by atoms with Gasteiger partial charge in [0.05, 0.1) is 11.6 Å². The summed E-state index contributed by atoms with van der Waals surface area (Å²) in [5.74, 6) is 0.0695. The van der Waals surface area contributed by atoms with Gasteiger partial charge in [0, 0.05) is 11.1 Å².